The lowest BCUT2D eigenvalue weighted by Gasteiger charge is -2.24. The largest absolute Gasteiger partial charge is 0.328 e. The summed E-state index contributed by atoms with van der Waals surface area (Å²) in [5.74, 6) is 1.52. The summed E-state index contributed by atoms with van der Waals surface area (Å²) in [7, 11) is 1.89. The Kier molecular flexibility index (Phi) is 3.83. The minimum Gasteiger partial charge on any atom is -0.328 e. The fraction of sp³-hybridized carbons (Fsp3) is 0.875. The first-order valence-corrected chi connectivity index (χ1v) is 4.75. The van der Waals surface area contributed by atoms with Crippen molar-refractivity contribution in [2.24, 2.45) is 12.8 Å². The van der Waals surface area contributed by atoms with E-state index >= 15 is 0 Å². The fourth-order valence-corrected chi connectivity index (χ4v) is 1.96. The van der Waals surface area contributed by atoms with E-state index in [-0.39, 0.29) is 12.4 Å². The molecule has 0 aliphatic heterocycles. The quantitative estimate of drug-likeness (QED) is 0.749. The van der Waals surface area contributed by atoms with Gasteiger partial charge >= 0.3 is 0 Å². The summed E-state index contributed by atoms with van der Waals surface area (Å²) < 4.78 is 1.77. The first-order chi connectivity index (χ1) is 6.27. The van der Waals surface area contributed by atoms with Crippen LogP contribution in [-0.4, -0.2) is 26.2 Å². The molecule has 1 aliphatic rings. The molecule has 0 unspecified atom stereocenters. The molecule has 6 heteroatoms. The highest BCUT2D eigenvalue weighted by Crippen LogP contribution is 2.30. The summed E-state index contributed by atoms with van der Waals surface area (Å²) in [5.41, 5.74) is 5.83. The second kappa shape index (κ2) is 4.70. The van der Waals surface area contributed by atoms with Gasteiger partial charge in [0.15, 0.2) is 5.82 Å². The Bertz CT molecular complexity index is 279. The highest BCUT2D eigenvalue weighted by molar-refractivity contribution is 5.85. The van der Waals surface area contributed by atoms with E-state index in [2.05, 4.69) is 15.5 Å². The Morgan fingerprint density at radius 1 is 1.29 bits per heavy atom. The van der Waals surface area contributed by atoms with Gasteiger partial charge in [0, 0.05) is 19.0 Å². The van der Waals surface area contributed by atoms with Crippen LogP contribution < -0.4 is 5.73 Å². The van der Waals surface area contributed by atoms with Gasteiger partial charge in [-0.2, -0.15) is 0 Å². The topological polar surface area (TPSA) is 69.6 Å². The average molecular weight is 218 g/mol. The van der Waals surface area contributed by atoms with E-state index in [9.17, 15) is 0 Å². The Labute approximate surface area is 89.5 Å². The van der Waals surface area contributed by atoms with Crippen molar-refractivity contribution >= 4 is 12.4 Å². The molecule has 1 aromatic rings. The van der Waals surface area contributed by atoms with Gasteiger partial charge in [0.2, 0.25) is 0 Å². The predicted molar refractivity (Wildman–Crippen MR) is 55.2 cm³/mol. The van der Waals surface area contributed by atoms with Crippen molar-refractivity contribution in [3.8, 4) is 0 Å². The normalized spacial score (nSPS) is 27.0. The molecule has 0 aromatic carbocycles. The number of nitrogens with zero attached hydrogens (tertiary/aromatic N) is 4. The van der Waals surface area contributed by atoms with Gasteiger partial charge in [-0.1, -0.05) is 0 Å². The number of rotatable bonds is 1. The van der Waals surface area contributed by atoms with E-state index in [1.54, 1.807) is 4.68 Å². The van der Waals surface area contributed by atoms with Crippen LogP contribution in [0.4, 0.5) is 0 Å². The zero-order valence-corrected chi connectivity index (χ0v) is 9.07. The molecule has 0 bridgehead atoms. The summed E-state index contributed by atoms with van der Waals surface area (Å²) in [6.07, 6.45) is 4.43. The Balaban J connectivity index is 0.000000980. The van der Waals surface area contributed by atoms with E-state index in [1.807, 2.05) is 7.05 Å². The molecule has 1 saturated carbocycles. The lowest BCUT2D eigenvalue weighted by atomic mass is 9.86. The van der Waals surface area contributed by atoms with Crippen LogP contribution >= 0.6 is 12.4 Å². The second-order valence-corrected chi connectivity index (χ2v) is 3.77. The van der Waals surface area contributed by atoms with Crippen molar-refractivity contribution in [3.05, 3.63) is 5.82 Å². The summed E-state index contributed by atoms with van der Waals surface area (Å²) in [5, 5.41) is 11.5. The molecule has 5 nitrogen and oxygen atoms in total. The van der Waals surface area contributed by atoms with Crippen molar-refractivity contribution in [2.75, 3.05) is 0 Å². The van der Waals surface area contributed by atoms with E-state index in [1.165, 1.54) is 0 Å². The Morgan fingerprint density at radius 3 is 2.43 bits per heavy atom. The smallest absolute Gasteiger partial charge is 0.153 e. The van der Waals surface area contributed by atoms with Crippen LogP contribution in [0.25, 0.3) is 0 Å². The molecule has 1 aliphatic carbocycles. The zero-order valence-electron chi connectivity index (χ0n) is 8.26. The first-order valence-electron chi connectivity index (χ1n) is 4.75. The van der Waals surface area contributed by atoms with Gasteiger partial charge in [0.25, 0.3) is 0 Å². The van der Waals surface area contributed by atoms with Crippen molar-refractivity contribution in [1.82, 2.24) is 20.2 Å². The minimum atomic E-state index is 0. The number of hydrogen-bond donors (Lipinski definition) is 1. The molecule has 14 heavy (non-hydrogen) atoms. The standard InChI is InChI=1S/C8H15N5.ClH/c1-13-8(10-11-12-13)6-2-4-7(9)5-3-6;/h6-7H,2-5,9H2,1H3;1H/t6-,7-;. The van der Waals surface area contributed by atoms with Gasteiger partial charge in [-0.25, -0.2) is 4.68 Å². The molecular formula is C8H16ClN5. The van der Waals surface area contributed by atoms with Crippen LogP contribution in [0.1, 0.15) is 37.4 Å². The zero-order chi connectivity index (χ0) is 9.26. The fourth-order valence-electron chi connectivity index (χ4n) is 1.96. The molecule has 1 fully saturated rings. The molecule has 80 valence electrons. The molecule has 0 amide bonds. The van der Waals surface area contributed by atoms with E-state index in [0.717, 1.165) is 31.5 Å². The summed E-state index contributed by atoms with van der Waals surface area (Å²) in [6, 6.07) is 0.387. The summed E-state index contributed by atoms with van der Waals surface area (Å²) in [4.78, 5) is 0. The van der Waals surface area contributed by atoms with Crippen molar-refractivity contribution in [3.63, 3.8) is 0 Å². The molecule has 2 N–H and O–H groups in total. The SMILES string of the molecule is Cl.Cn1nnnc1[C@H]1CC[C@H](N)CC1. The summed E-state index contributed by atoms with van der Waals surface area (Å²) in [6.45, 7) is 0. The number of aryl methyl sites for hydroxylation is 1. The van der Waals surface area contributed by atoms with Crippen LogP contribution in [0.2, 0.25) is 0 Å². The maximum absolute atomic E-state index is 5.83. The molecule has 0 saturated heterocycles. The molecule has 1 aromatic heterocycles. The third kappa shape index (κ3) is 2.22. The van der Waals surface area contributed by atoms with Crippen LogP contribution in [0.15, 0.2) is 0 Å². The van der Waals surface area contributed by atoms with Gasteiger partial charge in [0.05, 0.1) is 0 Å². The molecule has 0 atom stereocenters. The molecular weight excluding hydrogens is 202 g/mol. The van der Waals surface area contributed by atoms with Crippen LogP contribution in [-0.2, 0) is 7.05 Å². The number of tetrazole rings is 1. The van der Waals surface area contributed by atoms with Gasteiger partial charge in [-0.15, -0.1) is 17.5 Å². The number of aromatic nitrogens is 4. The van der Waals surface area contributed by atoms with Crippen LogP contribution in [0.3, 0.4) is 0 Å². The van der Waals surface area contributed by atoms with E-state index in [4.69, 9.17) is 5.73 Å². The molecule has 1 heterocycles. The predicted octanol–water partition coefficient (Wildman–Crippen LogP) is 0.617. The van der Waals surface area contributed by atoms with Crippen LogP contribution in [0, 0.1) is 0 Å². The van der Waals surface area contributed by atoms with E-state index < -0.39 is 0 Å². The first kappa shape index (κ1) is 11.4. The number of nitrogens with two attached hydrogens (primary N) is 1. The van der Waals surface area contributed by atoms with Crippen molar-refractivity contribution < 1.29 is 0 Å². The van der Waals surface area contributed by atoms with Gasteiger partial charge in [0.1, 0.15) is 0 Å². The summed E-state index contributed by atoms with van der Waals surface area (Å²) >= 11 is 0. The lowest BCUT2D eigenvalue weighted by Crippen LogP contribution is -2.26. The van der Waals surface area contributed by atoms with E-state index in [0.29, 0.717) is 12.0 Å². The second-order valence-electron chi connectivity index (χ2n) is 3.77. The monoisotopic (exact) mass is 217 g/mol. The van der Waals surface area contributed by atoms with Crippen molar-refractivity contribution in [1.29, 1.82) is 0 Å². The average Bonchev–Trinajstić information content (AvgIpc) is 2.53. The molecule has 0 radical (unpaired) electrons. The maximum Gasteiger partial charge on any atom is 0.153 e. The van der Waals surface area contributed by atoms with Gasteiger partial charge in [-0.3, -0.25) is 0 Å². The van der Waals surface area contributed by atoms with Gasteiger partial charge in [-0.05, 0) is 36.1 Å². The van der Waals surface area contributed by atoms with Gasteiger partial charge < -0.3 is 5.73 Å². The number of halogens is 1. The lowest BCUT2D eigenvalue weighted by molar-refractivity contribution is 0.377. The Morgan fingerprint density at radius 2 is 1.93 bits per heavy atom. The highest BCUT2D eigenvalue weighted by Gasteiger charge is 2.23. The maximum atomic E-state index is 5.83. The molecule has 0 spiro atoms. The van der Waals surface area contributed by atoms with Crippen molar-refractivity contribution in [2.45, 2.75) is 37.6 Å². The third-order valence-corrected chi connectivity index (χ3v) is 2.79. The Hall–Kier alpha value is -0.680. The number of hydrogen-bond acceptors (Lipinski definition) is 4. The molecule has 2 rings (SSSR count). The van der Waals surface area contributed by atoms with Crippen LogP contribution in [0.5, 0.6) is 0 Å². The minimum absolute atomic E-state index is 0. The third-order valence-electron chi connectivity index (χ3n) is 2.79. The highest BCUT2D eigenvalue weighted by atomic mass is 35.5.